The minimum atomic E-state index is -4.96. The molecule has 0 fully saturated rings. The minimum absolute atomic E-state index is 0.108. The number of hydrogen-bond acceptors (Lipinski definition) is 15. The Bertz CT molecular complexity index is 1830. The van der Waals surface area contributed by atoms with Crippen LogP contribution < -0.4 is 0 Å². The predicted molar refractivity (Wildman–Crippen MR) is 391 cm³/mol. The van der Waals surface area contributed by atoms with Gasteiger partial charge in [-0.1, -0.05) is 362 Å². The van der Waals surface area contributed by atoms with Gasteiger partial charge in [-0.3, -0.25) is 37.3 Å². The largest absolute Gasteiger partial charge is 0.472 e. The maximum Gasteiger partial charge on any atom is 0.472 e. The third kappa shape index (κ3) is 70.5. The van der Waals surface area contributed by atoms with Gasteiger partial charge >= 0.3 is 39.5 Å². The van der Waals surface area contributed by atoms with E-state index >= 15 is 0 Å². The van der Waals surface area contributed by atoms with Gasteiger partial charge in [-0.05, 0) is 25.7 Å². The summed E-state index contributed by atoms with van der Waals surface area (Å²) in [5.74, 6) is -2.11. The lowest BCUT2D eigenvalue weighted by Gasteiger charge is -2.21. The van der Waals surface area contributed by atoms with Crippen LogP contribution in [-0.2, 0) is 65.4 Å². The molecule has 96 heavy (non-hydrogen) atoms. The van der Waals surface area contributed by atoms with E-state index in [0.717, 1.165) is 89.9 Å². The quantitative estimate of drug-likeness (QED) is 0.0222. The van der Waals surface area contributed by atoms with Crippen LogP contribution >= 0.6 is 15.6 Å². The predicted octanol–water partition coefficient (Wildman–Crippen LogP) is 23.0. The maximum atomic E-state index is 13.1. The minimum Gasteiger partial charge on any atom is -0.462 e. The molecule has 5 atom stereocenters. The Balaban J connectivity index is 5.17. The molecule has 0 aromatic rings. The molecule has 0 spiro atoms. The van der Waals surface area contributed by atoms with Crippen LogP contribution in [0.15, 0.2) is 0 Å². The molecule has 0 aliphatic heterocycles. The second-order valence-electron chi connectivity index (χ2n) is 27.7. The van der Waals surface area contributed by atoms with Gasteiger partial charge in [0, 0.05) is 25.7 Å². The van der Waals surface area contributed by atoms with Gasteiger partial charge in [-0.25, -0.2) is 9.13 Å². The van der Waals surface area contributed by atoms with Crippen LogP contribution in [0.4, 0.5) is 0 Å². The first-order valence-electron chi connectivity index (χ1n) is 40.3. The Morgan fingerprint density at radius 2 is 0.417 bits per heavy atom. The summed E-state index contributed by atoms with van der Waals surface area (Å²) in [6, 6.07) is 0. The Morgan fingerprint density at radius 1 is 0.250 bits per heavy atom. The summed E-state index contributed by atoms with van der Waals surface area (Å²) in [5.41, 5.74) is 0. The van der Waals surface area contributed by atoms with Crippen molar-refractivity contribution in [1.29, 1.82) is 0 Å². The van der Waals surface area contributed by atoms with E-state index < -0.39 is 97.5 Å². The smallest absolute Gasteiger partial charge is 0.462 e. The molecular weight excluding hydrogens is 1260 g/mol. The summed E-state index contributed by atoms with van der Waals surface area (Å²) >= 11 is 0. The summed E-state index contributed by atoms with van der Waals surface area (Å²) in [4.78, 5) is 72.7. The summed E-state index contributed by atoms with van der Waals surface area (Å²) in [6.07, 6.45) is 62.5. The number of ether oxygens (including phenoxy) is 4. The molecule has 0 radical (unpaired) electrons. The number of phosphoric ester groups is 2. The van der Waals surface area contributed by atoms with Crippen molar-refractivity contribution in [2.45, 2.75) is 431 Å². The maximum absolute atomic E-state index is 13.1. The van der Waals surface area contributed by atoms with E-state index in [9.17, 15) is 43.2 Å². The number of carbonyl (C=O) groups is 4. The molecule has 0 aliphatic carbocycles. The van der Waals surface area contributed by atoms with E-state index in [1.165, 1.54) is 244 Å². The fourth-order valence-corrected chi connectivity index (χ4v) is 13.5. The molecule has 19 heteroatoms. The highest BCUT2D eigenvalue weighted by Gasteiger charge is 2.30. The fourth-order valence-electron chi connectivity index (χ4n) is 11.9. The molecule has 0 amide bonds. The molecule has 0 rings (SSSR count). The lowest BCUT2D eigenvalue weighted by Crippen LogP contribution is -2.30. The van der Waals surface area contributed by atoms with Gasteiger partial charge in [0.2, 0.25) is 0 Å². The number of aliphatic hydroxyl groups excluding tert-OH is 1. The van der Waals surface area contributed by atoms with Crippen molar-refractivity contribution in [2.24, 2.45) is 0 Å². The number of aliphatic hydroxyl groups is 1. The normalized spacial score (nSPS) is 13.9. The fraction of sp³-hybridized carbons (Fsp3) is 0.948. The number of rotatable bonds is 78. The first kappa shape index (κ1) is 94.1. The van der Waals surface area contributed by atoms with Crippen LogP contribution in [0.3, 0.4) is 0 Å². The van der Waals surface area contributed by atoms with Crippen LogP contribution in [0.5, 0.6) is 0 Å². The Hall–Kier alpha value is -1.94. The molecule has 0 aromatic carbocycles. The summed E-state index contributed by atoms with van der Waals surface area (Å²) < 4.78 is 68.5. The van der Waals surface area contributed by atoms with Gasteiger partial charge in [0.05, 0.1) is 26.4 Å². The third-order valence-corrected chi connectivity index (χ3v) is 20.0. The SMILES string of the molecule is CCCCCCCCCCCCCCCCCCCCCCCC(=O)O[C@H](COC(=O)CCCCCCCCCCCCCCCCC)COP(=O)(O)OC[C@@H](O)COP(=O)(O)OC[C@@H](COC(=O)CCCCCCCCCC)OC(=O)CCCCCCCCCCCCCC. The summed E-state index contributed by atoms with van der Waals surface area (Å²) in [6.45, 7) is 4.97. The van der Waals surface area contributed by atoms with Crippen molar-refractivity contribution in [3.63, 3.8) is 0 Å². The number of phosphoric acid groups is 2. The average molecular weight is 1410 g/mol. The molecule has 570 valence electrons. The molecule has 0 heterocycles. The zero-order valence-electron chi connectivity index (χ0n) is 62.4. The highest BCUT2D eigenvalue weighted by Crippen LogP contribution is 2.45. The Kier molecular flexibility index (Phi) is 70.0. The zero-order valence-corrected chi connectivity index (χ0v) is 64.1. The first-order chi connectivity index (χ1) is 46.7. The lowest BCUT2D eigenvalue weighted by molar-refractivity contribution is -0.161. The number of esters is 4. The van der Waals surface area contributed by atoms with Gasteiger partial charge in [0.15, 0.2) is 12.2 Å². The monoisotopic (exact) mass is 1410 g/mol. The Morgan fingerprint density at radius 3 is 0.615 bits per heavy atom. The molecule has 0 saturated heterocycles. The highest BCUT2D eigenvalue weighted by molar-refractivity contribution is 7.47. The molecular formula is C77H150O17P2. The number of unbranched alkanes of at least 4 members (excludes halogenated alkanes) is 52. The topological polar surface area (TPSA) is 237 Å². The second-order valence-corrected chi connectivity index (χ2v) is 30.7. The van der Waals surface area contributed by atoms with E-state index in [4.69, 9.17) is 37.0 Å². The molecule has 3 N–H and O–H groups in total. The van der Waals surface area contributed by atoms with Crippen molar-refractivity contribution in [1.82, 2.24) is 0 Å². The third-order valence-electron chi connectivity index (χ3n) is 18.1. The second kappa shape index (κ2) is 71.5. The van der Waals surface area contributed by atoms with Crippen molar-refractivity contribution in [2.75, 3.05) is 39.6 Å². The van der Waals surface area contributed by atoms with Crippen molar-refractivity contribution in [3.05, 3.63) is 0 Å². The Labute approximate surface area is 588 Å². The van der Waals surface area contributed by atoms with Crippen LogP contribution in [0.25, 0.3) is 0 Å². The molecule has 2 unspecified atom stereocenters. The lowest BCUT2D eigenvalue weighted by atomic mass is 10.0. The molecule has 0 saturated carbocycles. The van der Waals surface area contributed by atoms with Crippen LogP contribution in [0.2, 0.25) is 0 Å². The van der Waals surface area contributed by atoms with Gasteiger partial charge in [0.25, 0.3) is 0 Å². The van der Waals surface area contributed by atoms with E-state index in [2.05, 4.69) is 27.7 Å². The van der Waals surface area contributed by atoms with E-state index in [1.807, 2.05) is 0 Å². The van der Waals surface area contributed by atoms with Gasteiger partial charge in [-0.2, -0.15) is 0 Å². The van der Waals surface area contributed by atoms with E-state index in [0.29, 0.717) is 25.7 Å². The number of carbonyl (C=O) groups excluding carboxylic acids is 4. The highest BCUT2D eigenvalue weighted by atomic mass is 31.2. The van der Waals surface area contributed by atoms with Gasteiger partial charge in [-0.15, -0.1) is 0 Å². The zero-order chi connectivity index (χ0) is 70.4. The van der Waals surface area contributed by atoms with Crippen LogP contribution in [0.1, 0.15) is 413 Å². The molecule has 0 bridgehead atoms. The van der Waals surface area contributed by atoms with Gasteiger partial charge in [0.1, 0.15) is 19.3 Å². The summed E-state index contributed by atoms with van der Waals surface area (Å²) in [7, 11) is -9.90. The summed E-state index contributed by atoms with van der Waals surface area (Å²) in [5, 5.41) is 10.6. The number of hydrogen-bond donors (Lipinski definition) is 3. The van der Waals surface area contributed by atoms with E-state index in [1.54, 1.807) is 0 Å². The van der Waals surface area contributed by atoms with Crippen LogP contribution in [-0.4, -0.2) is 96.7 Å². The molecule has 17 nitrogen and oxygen atoms in total. The molecule has 0 aromatic heterocycles. The van der Waals surface area contributed by atoms with Crippen LogP contribution in [0, 0.1) is 0 Å². The van der Waals surface area contributed by atoms with Crippen molar-refractivity contribution in [3.8, 4) is 0 Å². The van der Waals surface area contributed by atoms with Gasteiger partial charge < -0.3 is 33.8 Å². The average Bonchev–Trinajstić information content (AvgIpc) is 1.80. The standard InChI is InChI=1S/C77H150O17P2/c1-5-9-13-17-21-25-28-31-33-34-35-36-37-38-40-42-45-48-52-56-60-64-77(82)94-73(68-88-75(80)62-58-54-50-46-44-41-39-32-29-26-22-18-14-10-6-2)70-92-96(85,86)90-66-71(78)65-89-95(83,84)91-69-72(67-87-74(79)61-57-53-49-24-20-16-12-8-4)93-76(81)63-59-55-51-47-43-30-27-23-19-15-11-7-3/h71-73,78H,5-70H2,1-4H3,(H,83,84)(H,85,86)/t71-,72+,73+/m0/s1. The van der Waals surface area contributed by atoms with E-state index in [-0.39, 0.29) is 25.7 Å². The molecule has 0 aliphatic rings. The van der Waals surface area contributed by atoms with Crippen molar-refractivity contribution >= 4 is 39.5 Å². The first-order valence-corrected chi connectivity index (χ1v) is 43.3. The van der Waals surface area contributed by atoms with Crippen molar-refractivity contribution < 1.29 is 80.2 Å².